The van der Waals surface area contributed by atoms with Crippen molar-refractivity contribution in [3.8, 4) is 0 Å². The van der Waals surface area contributed by atoms with Crippen LogP contribution in [0.3, 0.4) is 0 Å². The Morgan fingerprint density at radius 1 is 1.17 bits per heavy atom. The van der Waals surface area contributed by atoms with E-state index in [1.165, 1.54) is 4.90 Å². The SMILES string of the molecule is CCNC(=NCCC1CCN(CC(F)(F)F)CC1)NC1CCCC(S(=O)CC)C1.I. The summed E-state index contributed by atoms with van der Waals surface area (Å²) < 4.78 is 49.6. The van der Waals surface area contributed by atoms with E-state index in [1.54, 1.807) is 0 Å². The molecule has 0 aromatic heterocycles. The van der Waals surface area contributed by atoms with Crippen LogP contribution >= 0.6 is 24.0 Å². The highest BCUT2D eigenvalue weighted by Crippen LogP contribution is 2.25. The van der Waals surface area contributed by atoms with E-state index in [0.717, 1.165) is 57.5 Å². The Morgan fingerprint density at radius 2 is 1.87 bits per heavy atom. The molecule has 3 atom stereocenters. The molecule has 1 aliphatic carbocycles. The van der Waals surface area contributed by atoms with Crippen LogP contribution in [0.4, 0.5) is 13.2 Å². The summed E-state index contributed by atoms with van der Waals surface area (Å²) in [4.78, 5) is 6.20. The van der Waals surface area contributed by atoms with Crippen LogP contribution in [0.25, 0.3) is 0 Å². The van der Waals surface area contributed by atoms with Crippen LogP contribution in [0.1, 0.15) is 58.8 Å². The van der Waals surface area contributed by atoms with Gasteiger partial charge < -0.3 is 10.6 Å². The number of aliphatic imine (C=N–C) groups is 1. The molecule has 0 aromatic carbocycles. The standard InChI is InChI=1S/C20H37F3N4OS.HI/c1-3-24-19(26-17-6-5-7-18(14-17)29(28)4-2)25-11-8-16-9-12-27(13-10-16)15-20(21,22)23;/h16-18H,3-15H2,1-2H3,(H2,24,25,26);1H. The van der Waals surface area contributed by atoms with Gasteiger partial charge in [0.2, 0.25) is 0 Å². The lowest BCUT2D eigenvalue weighted by Crippen LogP contribution is -2.46. The number of guanidine groups is 1. The molecule has 0 bridgehead atoms. The molecule has 2 N–H and O–H groups in total. The molecular weight excluding hydrogens is 528 g/mol. The minimum atomic E-state index is -4.11. The lowest BCUT2D eigenvalue weighted by molar-refractivity contribution is -0.148. The van der Waals surface area contributed by atoms with Crippen molar-refractivity contribution in [3.05, 3.63) is 0 Å². The highest BCUT2D eigenvalue weighted by Gasteiger charge is 2.32. The van der Waals surface area contributed by atoms with Crippen LogP contribution in [0.2, 0.25) is 0 Å². The highest BCUT2D eigenvalue weighted by molar-refractivity contribution is 14.0. The summed E-state index contributed by atoms with van der Waals surface area (Å²) in [7, 11) is -0.746. The summed E-state index contributed by atoms with van der Waals surface area (Å²) in [6, 6.07) is 0.299. The molecule has 1 saturated heterocycles. The van der Waals surface area contributed by atoms with Gasteiger partial charge >= 0.3 is 6.18 Å². The number of rotatable bonds is 8. The molecule has 5 nitrogen and oxygen atoms in total. The summed E-state index contributed by atoms with van der Waals surface area (Å²) in [5, 5.41) is 7.07. The second-order valence-electron chi connectivity index (χ2n) is 8.18. The van der Waals surface area contributed by atoms with E-state index in [1.807, 2.05) is 13.8 Å². The third-order valence-electron chi connectivity index (χ3n) is 5.88. The number of nitrogens with one attached hydrogen (secondary N) is 2. The largest absolute Gasteiger partial charge is 0.401 e. The first-order chi connectivity index (χ1) is 13.8. The molecule has 2 aliphatic rings. The summed E-state index contributed by atoms with van der Waals surface area (Å²) in [6.07, 6.45) is 2.53. The van der Waals surface area contributed by atoms with Crippen molar-refractivity contribution in [1.29, 1.82) is 0 Å². The van der Waals surface area contributed by atoms with Gasteiger partial charge in [-0.25, -0.2) is 0 Å². The Bertz CT molecular complexity index is 543. The zero-order chi connectivity index (χ0) is 21.3. The first-order valence-electron chi connectivity index (χ1n) is 11.0. The molecule has 0 amide bonds. The van der Waals surface area contributed by atoms with E-state index in [0.29, 0.717) is 37.3 Å². The van der Waals surface area contributed by atoms with Crippen LogP contribution in [0, 0.1) is 5.92 Å². The predicted octanol–water partition coefficient (Wildman–Crippen LogP) is 3.90. The first kappa shape index (κ1) is 27.9. The Morgan fingerprint density at radius 3 is 2.47 bits per heavy atom. The molecule has 178 valence electrons. The predicted molar refractivity (Wildman–Crippen MR) is 129 cm³/mol. The fourth-order valence-electron chi connectivity index (χ4n) is 4.31. The van der Waals surface area contributed by atoms with Gasteiger partial charge in [-0.2, -0.15) is 13.2 Å². The van der Waals surface area contributed by atoms with Crippen molar-refractivity contribution in [3.63, 3.8) is 0 Å². The van der Waals surface area contributed by atoms with Gasteiger partial charge in [0, 0.05) is 40.9 Å². The number of likely N-dealkylation sites (tertiary alicyclic amines) is 1. The molecule has 10 heteroatoms. The molecule has 0 radical (unpaired) electrons. The van der Waals surface area contributed by atoms with Crippen molar-refractivity contribution < 1.29 is 17.4 Å². The molecule has 0 spiro atoms. The monoisotopic (exact) mass is 566 g/mol. The van der Waals surface area contributed by atoms with Gasteiger partial charge in [-0.15, -0.1) is 24.0 Å². The van der Waals surface area contributed by atoms with E-state index in [9.17, 15) is 17.4 Å². The fraction of sp³-hybridized carbons (Fsp3) is 0.950. The van der Waals surface area contributed by atoms with Gasteiger partial charge in [-0.3, -0.25) is 14.1 Å². The van der Waals surface area contributed by atoms with Gasteiger partial charge in [0.1, 0.15) is 0 Å². The van der Waals surface area contributed by atoms with Crippen LogP contribution in [0.5, 0.6) is 0 Å². The summed E-state index contributed by atoms with van der Waals surface area (Å²) in [5.74, 6) is 1.96. The third-order valence-corrected chi connectivity index (χ3v) is 7.63. The van der Waals surface area contributed by atoms with Gasteiger partial charge in [0.25, 0.3) is 0 Å². The van der Waals surface area contributed by atoms with E-state index in [-0.39, 0.29) is 29.2 Å². The topological polar surface area (TPSA) is 56.7 Å². The number of piperidine rings is 1. The highest BCUT2D eigenvalue weighted by atomic mass is 127. The maximum Gasteiger partial charge on any atom is 0.401 e. The van der Waals surface area contributed by atoms with Gasteiger partial charge in [0.05, 0.1) is 6.54 Å². The lowest BCUT2D eigenvalue weighted by atomic mass is 9.93. The molecule has 3 unspecified atom stereocenters. The molecule has 2 rings (SSSR count). The minimum Gasteiger partial charge on any atom is -0.357 e. The molecule has 1 saturated carbocycles. The van der Waals surface area contributed by atoms with Gasteiger partial charge in [-0.05, 0) is 64.5 Å². The number of alkyl halides is 3. The first-order valence-corrected chi connectivity index (χ1v) is 12.4. The number of hydrogen-bond donors (Lipinski definition) is 2. The second-order valence-corrected chi connectivity index (χ2v) is 10.2. The van der Waals surface area contributed by atoms with Crippen LogP contribution in [0.15, 0.2) is 4.99 Å². The Balaban J connectivity index is 0.00000450. The fourth-order valence-corrected chi connectivity index (χ4v) is 5.66. The maximum absolute atomic E-state index is 12.5. The number of halogens is 4. The van der Waals surface area contributed by atoms with Crippen molar-refractivity contribution in [1.82, 2.24) is 15.5 Å². The van der Waals surface area contributed by atoms with Crippen molar-refractivity contribution in [2.45, 2.75) is 76.3 Å². The van der Waals surface area contributed by atoms with Gasteiger partial charge in [0.15, 0.2) is 5.96 Å². The van der Waals surface area contributed by atoms with E-state index in [2.05, 4.69) is 10.6 Å². The Hall–Kier alpha value is -0.100. The Kier molecular flexibility index (Phi) is 13.2. The number of nitrogens with zero attached hydrogens (tertiary/aromatic N) is 2. The maximum atomic E-state index is 12.5. The quantitative estimate of drug-likeness (QED) is 0.266. The molecule has 0 aromatic rings. The zero-order valence-corrected chi connectivity index (χ0v) is 21.3. The molecule has 2 fully saturated rings. The third kappa shape index (κ3) is 10.5. The molecule has 30 heavy (non-hydrogen) atoms. The number of hydrogen-bond acceptors (Lipinski definition) is 3. The molecular formula is C20H38F3IN4OS. The van der Waals surface area contributed by atoms with Crippen molar-refractivity contribution >= 4 is 40.7 Å². The van der Waals surface area contributed by atoms with Crippen LogP contribution < -0.4 is 10.6 Å². The normalized spacial score (nSPS) is 25.4. The molecule has 1 heterocycles. The van der Waals surface area contributed by atoms with Crippen molar-refractivity contribution in [2.24, 2.45) is 10.9 Å². The smallest absolute Gasteiger partial charge is 0.357 e. The second kappa shape index (κ2) is 14.1. The van der Waals surface area contributed by atoms with E-state index < -0.39 is 23.5 Å². The average Bonchev–Trinajstić information content (AvgIpc) is 2.68. The Labute approximate surface area is 198 Å². The van der Waals surface area contributed by atoms with Crippen LogP contribution in [-0.2, 0) is 10.8 Å². The molecule has 1 aliphatic heterocycles. The van der Waals surface area contributed by atoms with Crippen LogP contribution in [-0.4, -0.2) is 71.0 Å². The summed E-state index contributed by atoms with van der Waals surface area (Å²) in [6.45, 7) is 5.71. The summed E-state index contributed by atoms with van der Waals surface area (Å²) in [5.41, 5.74) is 0. The van der Waals surface area contributed by atoms with Crippen molar-refractivity contribution in [2.75, 3.05) is 38.5 Å². The average molecular weight is 567 g/mol. The van der Waals surface area contributed by atoms with E-state index in [4.69, 9.17) is 4.99 Å². The summed E-state index contributed by atoms with van der Waals surface area (Å²) >= 11 is 0. The lowest BCUT2D eigenvalue weighted by Gasteiger charge is -2.32. The van der Waals surface area contributed by atoms with Gasteiger partial charge in [-0.1, -0.05) is 13.3 Å². The van der Waals surface area contributed by atoms with E-state index >= 15 is 0 Å². The zero-order valence-electron chi connectivity index (χ0n) is 18.2. The minimum absolute atomic E-state index is 0.